The second-order valence-corrected chi connectivity index (χ2v) is 4.58. The van der Waals surface area contributed by atoms with Gasteiger partial charge in [-0.2, -0.15) is 0 Å². The van der Waals surface area contributed by atoms with Crippen LogP contribution in [0.15, 0.2) is 44.5 Å². The van der Waals surface area contributed by atoms with Crippen LogP contribution in [0.5, 0.6) is 0 Å². The maximum Gasteiger partial charge on any atom is 0.341 e. The van der Waals surface area contributed by atoms with E-state index in [0.29, 0.717) is 30.5 Å². The van der Waals surface area contributed by atoms with Gasteiger partial charge in [0.25, 0.3) is 0 Å². The molecule has 1 aromatic heterocycles. The summed E-state index contributed by atoms with van der Waals surface area (Å²) in [5.74, 6) is 0.0591. The lowest BCUT2D eigenvalue weighted by atomic mass is 10.0. The van der Waals surface area contributed by atoms with Crippen molar-refractivity contribution in [3.05, 3.63) is 46.3 Å². The smallest absolute Gasteiger partial charge is 0.341 e. The molecular formula is C14H18N4O2. The molecule has 0 saturated heterocycles. The van der Waals surface area contributed by atoms with Gasteiger partial charge in [0.05, 0.1) is 5.56 Å². The summed E-state index contributed by atoms with van der Waals surface area (Å²) in [7, 11) is 0. The molecular weight excluding hydrogens is 256 g/mol. The van der Waals surface area contributed by atoms with Crippen LogP contribution in [-0.4, -0.2) is 12.5 Å². The fourth-order valence-corrected chi connectivity index (χ4v) is 2.01. The molecule has 1 unspecified atom stereocenters. The Kier molecular flexibility index (Phi) is 4.37. The summed E-state index contributed by atoms with van der Waals surface area (Å²) in [5.41, 5.74) is 17.2. The maximum atomic E-state index is 11.9. The Labute approximate surface area is 116 Å². The minimum absolute atomic E-state index is 0.0591. The molecule has 0 fully saturated rings. The van der Waals surface area contributed by atoms with E-state index in [0.717, 1.165) is 5.39 Å². The molecule has 0 amide bonds. The van der Waals surface area contributed by atoms with Gasteiger partial charge in [-0.15, -0.1) is 0 Å². The molecule has 2 rings (SSSR count). The molecule has 2 aromatic rings. The quantitative estimate of drug-likeness (QED) is 0.323. The number of benzene rings is 1. The monoisotopic (exact) mass is 274 g/mol. The molecule has 0 radical (unpaired) electrons. The van der Waals surface area contributed by atoms with Crippen molar-refractivity contribution >= 4 is 16.9 Å². The van der Waals surface area contributed by atoms with E-state index < -0.39 is 5.63 Å². The fraction of sp³-hybridized carbons (Fsp3) is 0.286. The summed E-state index contributed by atoms with van der Waals surface area (Å²) in [6.45, 7) is 0.495. The predicted molar refractivity (Wildman–Crippen MR) is 79.3 cm³/mol. The van der Waals surface area contributed by atoms with Crippen LogP contribution in [-0.2, 0) is 0 Å². The van der Waals surface area contributed by atoms with E-state index in [1.54, 1.807) is 12.1 Å². The van der Waals surface area contributed by atoms with Crippen molar-refractivity contribution in [3.63, 3.8) is 0 Å². The van der Waals surface area contributed by atoms with E-state index >= 15 is 0 Å². The van der Waals surface area contributed by atoms with E-state index in [1.807, 2.05) is 18.2 Å². The van der Waals surface area contributed by atoms with E-state index in [4.69, 9.17) is 21.6 Å². The summed E-state index contributed by atoms with van der Waals surface area (Å²) in [5, 5.41) is 0.863. The van der Waals surface area contributed by atoms with Crippen LogP contribution in [0.1, 0.15) is 24.4 Å². The third kappa shape index (κ3) is 3.36. The first-order chi connectivity index (χ1) is 9.58. The zero-order chi connectivity index (χ0) is 14.5. The van der Waals surface area contributed by atoms with Crippen molar-refractivity contribution < 1.29 is 4.42 Å². The molecule has 0 bridgehead atoms. The van der Waals surface area contributed by atoms with E-state index in [2.05, 4.69) is 4.99 Å². The summed E-state index contributed by atoms with van der Waals surface area (Å²) in [4.78, 5) is 15.8. The summed E-state index contributed by atoms with van der Waals surface area (Å²) in [6.07, 6.45) is 1.31. The zero-order valence-electron chi connectivity index (χ0n) is 11.1. The number of rotatable bonds is 5. The highest BCUT2D eigenvalue weighted by Crippen LogP contribution is 2.18. The van der Waals surface area contributed by atoms with E-state index in [9.17, 15) is 4.79 Å². The minimum atomic E-state index is -0.391. The number of para-hydroxylation sites is 1. The fourth-order valence-electron chi connectivity index (χ4n) is 2.01. The van der Waals surface area contributed by atoms with Gasteiger partial charge in [0.2, 0.25) is 0 Å². The number of guanidine groups is 1. The number of aliphatic imine (C=N–C) groups is 1. The normalized spacial score (nSPS) is 12.2. The Balaban J connectivity index is 2.13. The van der Waals surface area contributed by atoms with Crippen LogP contribution >= 0.6 is 0 Å². The Morgan fingerprint density at radius 3 is 2.80 bits per heavy atom. The van der Waals surface area contributed by atoms with Gasteiger partial charge in [-0.25, -0.2) is 4.79 Å². The van der Waals surface area contributed by atoms with Crippen LogP contribution < -0.4 is 22.8 Å². The number of fused-ring (bicyclic) bond motifs is 1. The van der Waals surface area contributed by atoms with E-state index in [-0.39, 0.29) is 12.0 Å². The lowest BCUT2D eigenvalue weighted by Crippen LogP contribution is -2.23. The summed E-state index contributed by atoms with van der Waals surface area (Å²) in [6, 6.07) is 8.74. The van der Waals surface area contributed by atoms with Crippen LogP contribution in [0.4, 0.5) is 0 Å². The number of hydrogen-bond donors (Lipinski definition) is 3. The van der Waals surface area contributed by atoms with Gasteiger partial charge >= 0.3 is 5.63 Å². The largest absolute Gasteiger partial charge is 0.422 e. The lowest BCUT2D eigenvalue weighted by Gasteiger charge is -2.10. The highest BCUT2D eigenvalue weighted by Gasteiger charge is 2.12. The Morgan fingerprint density at radius 2 is 2.05 bits per heavy atom. The highest BCUT2D eigenvalue weighted by molar-refractivity contribution is 5.76. The van der Waals surface area contributed by atoms with Crippen molar-refractivity contribution in [1.29, 1.82) is 0 Å². The molecule has 20 heavy (non-hydrogen) atoms. The van der Waals surface area contributed by atoms with Crippen LogP contribution in [0.3, 0.4) is 0 Å². The second-order valence-electron chi connectivity index (χ2n) is 4.58. The first-order valence-corrected chi connectivity index (χ1v) is 6.41. The third-order valence-electron chi connectivity index (χ3n) is 3.04. The van der Waals surface area contributed by atoms with Crippen LogP contribution in [0.25, 0.3) is 11.0 Å². The molecule has 1 atom stereocenters. The van der Waals surface area contributed by atoms with Gasteiger partial charge in [0.15, 0.2) is 5.96 Å². The standard InChI is InChI=1S/C14H18N4O2/c15-11(5-3-7-18-14(16)17)10-8-9-4-1-2-6-12(9)20-13(10)19/h1-2,4,6,8,11H,3,5,7,15H2,(H4,16,17,18). The van der Waals surface area contributed by atoms with Crippen LogP contribution in [0.2, 0.25) is 0 Å². The topological polar surface area (TPSA) is 121 Å². The van der Waals surface area contributed by atoms with Gasteiger partial charge in [0, 0.05) is 18.0 Å². The molecule has 0 aliphatic carbocycles. The number of hydrogen-bond acceptors (Lipinski definition) is 4. The van der Waals surface area contributed by atoms with Gasteiger partial charge in [0.1, 0.15) is 5.58 Å². The summed E-state index contributed by atoms with van der Waals surface area (Å²) >= 11 is 0. The third-order valence-corrected chi connectivity index (χ3v) is 3.04. The molecule has 1 aromatic carbocycles. The van der Waals surface area contributed by atoms with Crippen molar-refractivity contribution in [2.75, 3.05) is 6.54 Å². The summed E-state index contributed by atoms with van der Waals surface area (Å²) < 4.78 is 5.26. The molecule has 6 N–H and O–H groups in total. The molecule has 0 spiro atoms. The number of nitrogens with zero attached hydrogens (tertiary/aromatic N) is 1. The first-order valence-electron chi connectivity index (χ1n) is 6.41. The first kappa shape index (κ1) is 14.1. The molecule has 0 aliphatic heterocycles. The Hall–Kier alpha value is -2.34. The van der Waals surface area contributed by atoms with Gasteiger partial charge in [-0.05, 0) is 25.0 Å². The molecule has 106 valence electrons. The predicted octanol–water partition coefficient (Wildman–Crippen LogP) is 0.846. The molecule has 0 saturated carbocycles. The zero-order valence-corrected chi connectivity index (χ0v) is 11.1. The second kappa shape index (κ2) is 6.21. The van der Waals surface area contributed by atoms with Gasteiger partial charge in [-0.3, -0.25) is 4.99 Å². The molecule has 1 heterocycles. The van der Waals surface area contributed by atoms with Crippen molar-refractivity contribution in [2.24, 2.45) is 22.2 Å². The minimum Gasteiger partial charge on any atom is -0.422 e. The van der Waals surface area contributed by atoms with Crippen molar-refractivity contribution in [1.82, 2.24) is 0 Å². The van der Waals surface area contributed by atoms with Gasteiger partial charge in [-0.1, -0.05) is 18.2 Å². The Bertz CT molecular complexity index is 674. The van der Waals surface area contributed by atoms with Gasteiger partial charge < -0.3 is 21.6 Å². The highest BCUT2D eigenvalue weighted by atomic mass is 16.4. The Morgan fingerprint density at radius 1 is 1.30 bits per heavy atom. The lowest BCUT2D eigenvalue weighted by molar-refractivity contribution is 0.523. The van der Waals surface area contributed by atoms with Crippen molar-refractivity contribution in [3.8, 4) is 0 Å². The van der Waals surface area contributed by atoms with Crippen molar-refractivity contribution in [2.45, 2.75) is 18.9 Å². The molecule has 6 nitrogen and oxygen atoms in total. The SMILES string of the molecule is NC(N)=NCCCC(N)c1cc2ccccc2oc1=O. The average Bonchev–Trinajstić information content (AvgIpc) is 2.42. The average molecular weight is 274 g/mol. The number of nitrogens with two attached hydrogens (primary N) is 3. The van der Waals surface area contributed by atoms with Crippen LogP contribution in [0, 0.1) is 0 Å². The molecule has 0 aliphatic rings. The van der Waals surface area contributed by atoms with E-state index in [1.165, 1.54) is 0 Å². The molecule has 6 heteroatoms. The maximum absolute atomic E-state index is 11.9.